The average molecular weight is 298 g/mol. The van der Waals surface area contributed by atoms with Gasteiger partial charge in [-0.1, -0.05) is 0 Å². The molecule has 0 amide bonds. The number of ether oxygens (including phenoxy) is 1. The molecule has 0 saturated heterocycles. The van der Waals surface area contributed by atoms with Crippen molar-refractivity contribution in [1.82, 2.24) is 0 Å². The van der Waals surface area contributed by atoms with Gasteiger partial charge in [-0.2, -0.15) is 0 Å². The van der Waals surface area contributed by atoms with Crippen molar-refractivity contribution in [2.75, 3.05) is 5.88 Å². The van der Waals surface area contributed by atoms with E-state index in [1.54, 1.807) is 0 Å². The van der Waals surface area contributed by atoms with E-state index in [2.05, 4.69) is 9.73 Å². The summed E-state index contributed by atoms with van der Waals surface area (Å²) in [5, 5.41) is 10.7. The number of alkyl halides is 4. The number of rotatable bonds is 4. The molecule has 0 spiro atoms. The highest BCUT2D eigenvalue weighted by Gasteiger charge is 2.32. The van der Waals surface area contributed by atoms with Crippen molar-refractivity contribution < 1.29 is 22.8 Å². The summed E-state index contributed by atoms with van der Waals surface area (Å²) < 4.78 is 39.5. The van der Waals surface area contributed by atoms with Crippen LogP contribution in [0.15, 0.2) is 23.2 Å². The second-order valence-corrected chi connectivity index (χ2v) is 3.46. The molecule has 1 rings (SSSR count). The normalized spacial score (nSPS) is 12.3. The van der Waals surface area contributed by atoms with Gasteiger partial charge < -0.3 is 10.5 Å². The Morgan fingerprint density at radius 3 is 2.63 bits per heavy atom. The Labute approximate surface area is 109 Å². The third-order valence-electron chi connectivity index (χ3n) is 1.78. The van der Waals surface area contributed by atoms with Gasteiger partial charge in [0.15, 0.2) is 0 Å². The van der Waals surface area contributed by atoms with Crippen molar-refractivity contribution in [3.63, 3.8) is 0 Å². The molecule has 0 aromatic heterocycles. The number of hydrogen-bond acceptors (Lipinski definition) is 4. The van der Waals surface area contributed by atoms with Gasteiger partial charge in [0.1, 0.15) is 17.3 Å². The number of amidine groups is 1. The maximum Gasteiger partial charge on any atom is 0.573 e. The lowest BCUT2D eigenvalue weighted by Gasteiger charge is -2.08. The molecule has 6 nitrogen and oxygen atoms in total. The Morgan fingerprint density at radius 1 is 1.53 bits per heavy atom. The molecule has 19 heavy (non-hydrogen) atoms. The summed E-state index contributed by atoms with van der Waals surface area (Å²) in [5.41, 5.74) is 4.42. The van der Waals surface area contributed by atoms with Crippen LogP contribution in [0.2, 0.25) is 0 Å². The summed E-state index contributed by atoms with van der Waals surface area (Å²) in [7, 11) is 0. The highest BCUT2D eigenvalue weighted by molar-refractivity contribution is 6.28. The van der Waals surface area contributed by atoms with Crippen molar-refractivity contribution in [3.05, 3.63) is 28.3 Å². The van der Waals surface area contributed by atoms with Gasteiger partial charge in [0.25, 0.3) is 5.69 Å². The minimum absolute atomic E-state index is 0.103. The van der Waals surface area contributed by atoms with E-state index in [4.69, 9.17) is 17.3 Å². The molecule has 0 aliphatic rings. The van der Waals surface area contributed by atoms with Gasteiger partial charge in [-0.05, 0) is 12.1 Å². The van der Waals surface area contributed by atoms with Crippen LogP contribution in [-0.4, -0.2) is 23.0 Å². The molecule has 10 heteroatoms. The lowest BCUT2D eigenvalue weighted by atomic mass is 10.2. The molecule has 0 aliphatic carbocycles. The van der Waals surface area contributed by atoms with E-state index in [1.165, 1.54) is 0 Å². The molecule has 0 heterocycles. The second kappa shape index (κ2) is 5.74. The minimum Gasteiger partial charge on any atom is -0.406 e. The molecule has 0 unspecified atom stereocenters. The van der Waals surface area contributed by atoms with E-state index < -0.39 is 22.7 Å². The lowest BCUT2D eigenvalue weighted by molar-refractivity contribution is -0.384. The van der Waals surface area contributed by atoms with Crippen LogP contribution in [0, 0.1) is 10.1 Å². The first-order valence-corrected chi connectivity index (χ1v) is 5.19. The topological polar surface area (TPSA) is 90.8 Å². The zero-order valence-corrected chi connectivity index (χ0v) is 9.90. The largest absolute Gasteiger partial charge is 0.573 e. The second-order valence-electron chi connectivity index (χ2n) is 3.19. The summed E-state index contributed by atoms with van der Waals surface area (Å²) in [6.45, 7) is 0. The van der Waals surface area contributed by atoms with Gasteiger partial charge in [0, 0.05) is 0 Å². The van der Waals surface area contributed by atoms with Crippen LogP contribution in [-0.2, 0) is 0 Å². The molecule has 0 saturated carbocycles. The van der Waals surface area contributed by atoms with E-state index in [9.17, 15) is 23.3 Å². The summed E-state index contributed by atoms with van der Waals surface area (Å²) in [6.07, 6.45) is -4.94. The Morgan fingerprint density at radius 2 is 2.16 bits per heavy atom. The molecule has 0 aliphatic heterocycles. The number of hydrogen-bond donors (Lipinski definition) is 1. The maximum atomic E-state index is 12.0. The molecule has 2 N–H and O–H groups in total. The zero-order chi connectivity index (χ0) is 14.6. The average Bonchev–Trinajstić information content (AvgIpc) is 2.28. The first kappa shape index (κ1) is 15.0. The number of nitrogens with two attached hydrogens (primary N) is 1. The minimum atomic E-state index is -4.94. The van der Waals surface area contributed by atoms with Crippen LogP contribution in [0.25, 0.3) is 0 Å². The van der Waals surface area contributed by atoms with E-state index >= 15 is 0 Å². The summed E-state index contributed by atoms with van der Waals surface area (Å²) >= 11 is 5.35. The van der Waals surface area contributed by atoms with Crippen molar-refractivity contribution >= 4 is 28.8 Å². The van der Waals surface area contributed by atoms with Crippen LogP contribution in [0.5, 0.6) is 5.75 Å². The number of aliphatic imine (C=N–C) groups is 1. The van der Waals surface area contributed by atoms with Gasteiger partial charge in [0.05, 0.1) is 16.9 Å². The molecule has 0 fully saturated rings. The van der Waals surface area contributed by atoms with Crippen molar-refractivity contribution in [2.45, 2.75) is 6.36 Å². The van der Waals surface area contributed by atoms with Crippen LogP contribution >= 0.6 is 11.6 Å². The first-order chi connectivity index (χ1) is 8.73. The Kier molecular flexibility index (Phi) is 4.54. The predicted octanol–water partition coefficient (Wildman–Crippen LogP) is 2.72. The van der Waals surface area contributed by atoms with Gasteiger partial charge >= 0.3 is 6.36 Å². The van der Waals surface area contributed by atoms with Gasteiger partial charge in [-0.25, -0.2) is 4.99 Å². The molecule has 1 aromatic rings. The molecule has 0 bridgehead atoms. The fourth-order valence-electron chi connectivity index (χ4n) is 1.13. The number of halogens is 4. The summed E-state index contributed by atoms with van der Waals surface area (Å²) in [4.78, 5) is 13.5. The smallest absolute Gasteiger partial charge is 0.406 e. The van der Waals surface area contributed by atoms with E-state index in [0.717, 1.165) is 12.1 Å². The predicted molar refractivity (Wildman–Crippen MR) is 61.8 cm³/mol. The fraction of sp³-hybridized carbons (Fsp3) is 0.222. The highest BCUT2D eigenvalue weighted by atomic mass is 35.5. The maximum absolute atomic E-state index is 12.0. The quantitative estimate of drug-likeness (QED) is 0.304. The van der Waals surface area contributed by atoms with Gasteiger partial charge in [-0.15, -0.1) is 24.8 Å². The molecule has 1 aromatic carbocycles. The van der Waals surface area contributed by atoms with E-state index in [1.807, 2.05) is 0 Å². The van der Waals surface area contributed by atoms with Gasteiger partial charge in [0.2, 0.25) is 0 Å². The third kappa shape index (κ3) is 4.62. The van der Waals surface area contributed by atoms with E-state index in [-0.39, 0.29) is 17.4 Å². The Hall–Kier alpha value is -2.03. The molecular formula is C9H7ClF3N3O3. The zero-order valence-electron chi connectivity index (χ0n) is 9.15. The van der Waals surface area contributed by atoms with Crippen LogP contribution in [0.1, 0.15) is 0 Å². The Balaban J connectivity index is 3.19. The van der Waals surface area contributed by atoms with Crippen LogP contribution in [0.3, 0.4) is 0 Å². The van der Waals surface area contributed by atoms with Crippen molar-refractivity contribution in [3.8, 4) is 5.75 Å². The standard InChI is InChI=1S/C9H7ClF3N3O3/c10-4-8(14)15-6-2-1-5(19-9(11,12)13)3-7(6)16(17)18/h1-3H,4H2,(H2,14,15). The Bertz CT molecular complexity index is 519. The number of benzene rings is 1. The van der Waals surface area contributed by atoms with Crippen molar-refractivity contribution in [1.29, 1.82) is 0 Å². The van der Waals surface area contributed by atoms with Crippen LogP contribution < -0.4 is 10.5 Å². The lowest BCUT2D eigenvalue weighted by Crippen LogP contribution is -2.17. The van der Waals surface area contributed by atoms with Crippen LogP contribution in [0.4, 0.5) is 24.5 Å². The molecule has 104 valence electrons. The number of nitro benzene ring substituents is 1. The highest BCUT2D eigenvalue weighted by Crippen LogP contribution is 2.33. The molecule has 0 atom stereocenters. The molecule has 0 radical (unpaired) electrons. The fourth-order valence-corrected chi connectivity index (χ4v) is 1.19. The van der Waals surface area contributed by atoms with Crippen molar-refractivity contribution in [2.24, 2.45) is 10.7 Å². The monoisotopic (exact) mass is 297 g/mol. The molecular weight excluding hydrogens is 291 g/mol. The SMILES string of the molecule is NC(CCl)=Nc1ccc(OC(F)(F)F)cc1[N+](=O)[O-]. The van der Waals surface area contributed by atoms with E-state index in [0.29, 0.717) is 6.07 Å². The third-order valence-corrected chi connectivity index (χ3v) is 2.05. The number of nitro groups is 1. The first-order valence-electron chi connectivity index (χ1n) is 4.66. The summed E-state index contributed by atoms with van der Waals surface area (Å²) in [6, 6.07) is 2.48. The van der Waals surface area contributed by atoms with Gasteiger partial charge in [-0.3, -0.25) is 10.1 Å². The summed E-state index contributed by atoms with van der Waals surface area (Å²) in [5.74, 6) is -0.991. The number of nitrogens with zero attached hydrogens (tertiary/aromatic N) is 2.